The van der Waals surface area contributed by atoms with Gasteiger partial charge >= 0.3 is 0 Å². The minimum absolute atomic E-state index is 0.00589. The van der Waals surface area contributed by atoms with Crippen LogP contribution < -0.4 is 0 Å². The molecule has 0 aliphatic heterocycles. The summed E-state index contributed by atoms with van der Waals surface area (Å²) in [4.78, 5) is 29.3. The molecule has 0 atom stereocenters. The average Bonchev–Trinajstić information content (AvgIpc) is 2.90. The third-order valence-corrected chi connectivity index (χ3v) is 4.96. The van der Waals surface area contributed by atoms with Crippen molar-refractivity contribution in [2.75, 3.05) is 0 Å². The molecule has 4 nitrogen and oxygen atoms in total. The number of Topliss-reactive ketones (excluding diaryl/α,β-unsaturated/α-hetero) is 2. The number of carbonyl (C=O) groups is 2. The molecule has 0 unspecified atom stereocenters. The van der Waals surface area contributed by atoms with Crippen LogP contribution in [0.25, 0.3) is 11.0 Å². The Labute approximate surface area is 141 Å². The molecule has 1 aliphatic rings. The number of hydrogen-bond donors (Lipinski definition) is 0. The molecule has 1 aromatic carbocycles. The van der Waals surface area contributed by atoms with Crippen LogP contribution in [0, 0.1) is 6.92 Å². The molecular formula is C20H22N2O2. The minimum Gasteiger partial charge on any atom is -0.328 e. The number of allylic oxidation sites excluding steroid dienone is 4. The maximum Gasteiger partial charge on any atom is 0.185 e. The number of carbonyl (C=O) groups excluding carboxylic acids is 2. The summed E-state index contributed by atoms with van der Waals surface area (Å²) in [7, 11) is 0. The Hall–Kier alpha value is -2.49. The molecule has 0 radical (unpaired) electrons. The molecule has 3 rings (SSSR count). The molecule has 0 bridgehead atoms. The number of aryl methyl sites for hydroxylation is 2. The van der Waals surface area contributed by atoms with Gasteiger partial charge in [-0.3, -0.25) is 9.59 Å². The molecule has 0 saturated carbocycles. The van der Waals surface area contributed by atoms with Crippen molar-refractivity contribution >= 4 is 22.6 Å². The van der Waals surface area contributed by atoms with Gasteiger partial charge in [0, 0.05) is 28.8 Å². The summed E-state index contributed by atoms with van der Waals surface area (Å²) in [5.41, 5.74) is 4.55. The fraction of sp³-hybridized carbons (Fsp3) is 0.350. The quantitative estimate of drug-likeness (QED) is 0.801. The molecule has 124 valence electrons. The van der Waals surface area contributed by atoms with Gasteiger partial charge in [-0.15, -0.1) is 0 Å². The normalized spacial score (nSPS) is 15.8. The summed E-state index contributed by atoms with van der Waals surface area (Å²) in [5, 5.41) is 0. The van der Waals surface area contributed by atoms with Gasteiger partial charge in [0.25, 0.3) is 0 Å². The van der Waals surface area contributed by atoms with Crippen LogP contribution in [0.5, 0.6) is 0 Å². The number of benzene rings is 1. The van der Waals surface area contributed by atoms with Gasteiger partial charge < -0.3 is 4.57 Å². The molecule has 1 aliphatic carbocycles. The van der Waals surface area contributed by atoms with Crippen LogP contribution in [-0.2, 0) is 16.1 Å². The largest absolute Gasteiger partial charge is 0.328 e. The standard InChI is InChI=1S/C20H22N2O2/c1-12-13(2)20(24)16(14(3)19(12)23)8-7-11-22-15(4)21-17-9-5-6-10-18(17)22/h5-6,9-10H,7-8,11H2,1-4H3. The van der Waals surface area contributed by atoms with E-state index in [1.54, 1.807) is 20.8 Å². The van der Waals surface area contributed by atoms with Gasteiger partial charge in [-0.1, -0.05) is 12.1 Å². The average molecular weight is 322 g/mol. The Kier molecular flexibility index (Phi) is 4.22. The first-order valence-electron chi connectivity index (χ1n) is 8.30. The van der Waals surface area contributed by atoms with E-state index in [0.717, 1.165) is 29.8 Å². The SMILES string of the molecule is CC1=C(C)C(=O)C(CCCn2c(C)nc3ccccc32)=C(C)C1=O. The van der Waals surface area contributed by atoms with Crippen molar-refractivity contribution in [2.45, 2.75) is 47.1 Å². The van der Waals surface area contributed by atoms with Gasteiger partial charge in [-0.2, -0.15) is 0 Å². The molecule has 1 heterocycles. The molecular weight excluding hydrogens is 300 g/mol. The smallest absolute Gasteiger partial charge is 0.185 e. The molecule has 4 heteroatoms. The highest BCUT2D eigenvalue weighted by Crippen LogP contribution is 2.27. The highest BCUT2D eigenvalue weighted by atomic mass is 16.1. The molecule has 0 saturated heterocycles. The highest BCUT2D eigenvalue weighted by molar-refractivity contribution is 6.24. The highest BCUT2D eigenvalue weighted by Gasteiger charge is 2.27. The number of nitrogens with zero attached hydrogens (tertiary/aromatic N) is 2. The van der Waals surface area contributed by atoms with Crippen molar-refractivity contribution in [1.29, 1.82) is 0 Å². The van der Waals surface area contributed by atoms with Crippen molar-refractivity contribution in [3.63, 3.8) is 0 Å². The number of rotatable bonds is 4. The third-order valence-electron chi connectivity index (χ3n) is 4.96. The topological polar surface area (TPSA) is 52.0 Å². The molecule has 24 heavy (non-hydrogen) atoms. The number of ketones is 2. The van der Waals surface area contributed by atoms with Gasteiger partial charge in [0.05, 0.1) is 11.0 Å². The molecule has 0 amide bonds. The van der Waals surface area contributed by atoms with Crippen molar-refractivity contribution in [1.82, 2.24) is 9.55 Å². The van der Waals surface area contributed by atoms with Crippen LogP contribution in [0.1, 0.15) is 39.4 Å². The monoisotopic (exact) mass is 322 g/mol. The summed E-state index contributed by atoms with van der Waals surface area (Å²) >= 11 is 0. The van der Waals surface area contributed by atoms with E-state index in [-0.39, 0.29) is 11.6 Å². The van der Waals surface area contributed by atoms with E-state index < -0.39 is 0 Å². The zero-order valence-corrected chi connectivity index (χ0v) is 14.6. The lowest BCUT2D eigenvalue weighted by molar-refractivity contribution is -0.116. The van der Waals surface area contributed by atoms with Gasteiger partial charge in [0.2, 0.25) is 0 Å². The first-order chi connectivity index (χ1) is 11.4. The van der Waals surface area contributed by atoms with Gasteiger partial charge in [0.15, 0.2) is 11.6 Å². The van der Waals surface area contributed by atoms with Crippen molar-refractivity contribution in [3.8, 4) is 0 Å². The first kappa shape index (κ1) is 16.4. The van der Waals surface area contributed by atoms with Crippen LogP contribution in [0.3, 0.4) is 0 Å². The predicted octanol–water partition coefficient (Wildman–Crippen LogP) is 3.93. The van der Waals surface area contributed by atoms with Gasteiger partial charge in [0.1, 0.15) is 5.82 Å². The fourth-order valence-electron chi connectivity index (χ4n) is 3.35. The predicted molar refractivity (Wildman–Crippen MR) is 94.8 cm³/mol. The van der Waals surface area contributed by atoms with E-state index in [4.69, 9.17) is 0 Å². The molecule has 0 fully saturated rings. The molecule has 2 aromatic rings. The lowest BCUT2D eigenvalue weighted by Crippen LogP contribution is -2.21. The van der Waals surface area contributed by atoms with E-state index in [9.17, 15) is 9.59 Å². The number of hydrogen-bond acceptors (Lipinski definition) is 3. The minimum atomic E-state index is 0.00589. The van der Waals surface area contributed by atoms with Crippen LogP contribution in [0.2, 0.25) is 0 Å². The zero-order valence-electron chi connectivity index (χ0n) is 14.6. The van der Waals surface area contributed by atoms with Crippen molar-refractivity contribution in [2.24, 2.45) is 0 Å². The van der Waals surface area contributed by atoms with Crippen LogP contribution in [0.4, 0.5) is 0 Å². The number of para-hydroxylation sites is 2. The summed E-state index contributed by atoms with van der Waals surface area (Å²) in [6.45, 7) is 8.03. The van der Waals surface area contributed by atoms with E-state index in [1.165, 1.54) is 0 Å². The maximum atomic E-state index is 12.5. The fourth-order valence-corrected chi connectivity index (χ4v) is 3.35. The van der Waals surface area contributed by atoms with Crippen LogP contribution in [-0.4, -0.2) is 21.1 Å². The maximum absolute atomic E-state index is 12.5. The van der Waals surface area contributed by atoms with E-state index in [0.29, 0.717) is 28.7 Å². The second-order valence-electron chi connectivity index (χ2n) is 6.41. The van der Waals surface area contributed by atoms with E-state index >= 15 is 0 Å². The van der Waals surface area contributed by atoms with E-state index in [1.807, 2.05) is 25.1 Å². The Morgan fingerprint density at radius 1 is 0.917 bits per heavy atom. The first-order valence-corrected chi connectivity index (χ1v) is 8.30. The van der Waals surface area contributed by atoms with Crippen molar-refractivity contribution in [3.05, 3.63) is 52.4 Å². The summed E-state index contributed by atoms with van der Waals surface area (Å²) in [6.07, 6.45) is 1.42. The summed E-state index contributed by atoms with van der Waals surface area (Å²) in [5.74, 6) is 1.00. The van der Waals surface area contributed by atoms with Crippen LogP contribution >= 0.6 is 0 Å². The zero-order chi connectivity index (χ0) is 17.4. The molecule has 0 spiro atoms. The Morgan fingerprint density at radius 2 is 1.58 bits per heavy atom. The summed E-state index contributed by atoms with van der Waals surface area (Å²) < 4.78 is 2.17. The second kappa shape index (κ2) is 6.19. The van der Waals surface area contributed by atoms with Crippen molar-refractivity contribution < 1.29 is 9.59 Å². The molecule has 0 N–H and O–H groups in total. The third kappa shape index (κ3) is 2.62. The number of fused-ring (bicyclic) bond motifs is 1. The van der Waals surface area contributed by atoms with Crippen LogP contribution in [0.15, 0.2) is 46.6 Å². The lowest BCUT2D eigenvalue weighted by atomic mass is 9.84. The Morgan fingerprint density at radius 3 is 2.33 bits per heavy atom. The van der Waals surface area contributed by atoms with E-state index in [2.05, 4.69) is 15.6 Å². The molecule has 1 aromatic heterocycles. The summed E-state index contributed by atoms with van der Waals surface area (Å²) in [6, 6.07) is 8.06. The lowest BCUT2D eigenvalue weighted by Gasteiger charge is -2.18. The number of aromatic nitrogens is 2. The Bertz CT molecular complexity index is 913. The van der Waals surface area contributed by atoms with Gasteiger partial charge in [-0.25, -0.2) is 4.98 Å². The van der Waals surface area contributed by atoms with Gasteiger partial charge in [-0.05, 0) is 52.7 Å². The Balaban J connectivity index is 1.78. The number of imidazole rings is 1. The second-order valence-corrected chi connectivity index (χ2v) is 6.41.